The Hall–Kier alpha value is -3.09. The smallest absolute Gasteiger partial charge is 0.212 e. The number of rotatable bonds is 8. The average molecular weight is 449 g/mol. The van der Waals surface area contributed by atoms with Crippen molar-refractivity contribution in [1.29, 1.82) is 0 Å². The van der Waals surface area contributed by atoms with E-state index in [-0.39, 0.29) is 0 Å². The van der Waals surface area contributed by atoms with Crippen LogP contribution in [0.25, 0.3) is 0 Å². The molecule has 5 nitrogen and oxygen atoms in total. The molecule has 0 N–H and O–H groups in total. The quantitative estimate of drug-likeness (QED) is 0.245. The zero-order valence-electron chi connectivity index (χ0n) is 17.0. The Bertz CT molecular complexity index is 1170. The highest BCUT2D eigenvalue weighted by Gasteiger charge is 2.07. The van der Waals surface area contributed by atoms with Crippen LogP contribution in [-0.2, 0) is 12.4 Å². The monoisotopic (exact) mass is 448 g/mol. The van der Waals surface area contributed by atoms with Gasteiger partial charge in [-0.2, -0.15) is 9.78 Å². The van der Waals surface area contributed by atoms with Crippen molar-refractivity contribution in [2.45, 2.75) is 24.4 Å². The third-order valence-electron chi connectivity index (χ3n) is 4.57. The number of aryl methyl sites for hydroxylation is 1. The maximum absolute atomic E-state index is 6.24. The fourth-order valence-corrected chi connectivity index (χ4v) is 3.99. The molecule has 4 rings (SSSR count). The first-order valence-corrected chi connectivity index (χ1v) is 11.1. The van der Waals surface area contributed by atoms with Gasteiger partial charge in [0, 0.05) is 16.3 Å². The van der Waals surface area contributed by atoms with Crippen LogP contribution < -0.4 is 4.74 Å². The summed E-state index contributed by atoms with van der Waals surface area (Å²) in [4.78, 5) is 0. The van der Waals surface area contributed by atoms with Crippen molar-refractivity contribution in [3.63, 3.8) is 0 Å². The van der Waals surface area contributed by atoms with E-state index in [4.69, 9.17) is 16.3 Å². The van der Waals surface area contributed by atoms with Gasteiger partial charge in [0.1, 0.15) is 18.7 Å². The summed E-state index contributed by atoms with van der Waals surface area (Å²) < 4.78 is 7.68. The van der Waals surface area contributed by atoms with Crippen LogP contribution in [0.1, 0.15) is 22.3 Å². The highest BCUT2D eigenvalue weighted by molar-refractivity contribution is 7.98. The van der Waals surface area contributed by atoms with E-state index in [1.807, 2.05) is 48.5 Å². The van der Waals surface area contributed by atoms with Gasteiger partial charge in [-0.1, -0.05) is 83.5 Å². The minimum atomic E-state index is 0.497. The molecule has 3 aromatic carbocycles. The Morgan fingerprint density at radius 2 is 1.81 bits per heavy atom. The molecule has 0 aliphatic heterocycles. The second-order valence-corrected chi connectivity index (χ2v) is 8.24. The third kappa shape index (κ3) is 5.75. The molecule has 0 aliphatic rings. The lowest BCUT2D eigenvalue weighted by Crippen LogP contribution is -1.99. The highest BCUT2D eigenvalue weighted by Crippen LogP contribution is 2.25. The van der Waals surface area contributed by atoms with Crippen molar-refractivity contribution in [1.82, 2.24) is 14.9 Å². The molecule has 0 saturated carbocycles. The van der Waals surface area contributed by atoms with Gasteiger partial charge in [0.25, 0.3) is 0 Å². The van der Waals surface area contributed by atoms with E-state index in [1.54, 1.807) is 17.2 Å². The first-order valence-electron chi connectivity index (χ1n) is 9.77. The summed E-state index contributed by atoms with van der Waals surface area (Å²) in [5, 5.41) is 14.1. The lowest BCUT2D eigenvalue weighted by Gasteiger charge is -2.09. The van der Waals surface area contributed by atoms with E-state index in [9.17, 15) is 0 Å². The fourth-order valence-electron chi connectivity index (χ4n) is 2.84. The van der Waals surface area contributed by atoms with Crippen molar-refractivity contribution >= 4 is 29.6 Å². The van der Waals surface area contributed by atoms with Gasteiger partial charge in [0.2, 0.25) is 5.16 Å². The number of benzene rings is 3. The van der Waals surface area contributed by atoms with Crippen LogP contribution in [0.5, 0.6) is 5.75 Å². The average Bonchev–Trinajstić information content (AvgIpc) is 3.25. The van der Waals surface area contributed by atoms with Gasteiger partial charge in [-0.25, -0.2) is 0 Å². The molecule has 0 radical (unpaired) electrons. The number of nitrogens with zero attached hydrogens (tertiary/aromatic N) is 4. The molecule has 0 amide bonds. The highest BCUT2D eigenvalue weighted by atomic mass is 35.5. The third-order valence-corrected chi connectivity index (χ3v) is 5.92. The summed E-state index contributed by atoms with van der Waals surface area (Å²) in [5.74, 6) is 1.45. The lowest BCUT2D eigenvalue weighted by molar-refractivity contribution is 0.306. The van der Waals surface area contributed by atoms with E-state index in [1.165, 1.54) is 17.3 Å². The largest absolute Gasteiger partial charge is 0.488 e. The number of thioether (sulfide) groups is 1. The van der Waals surface area contributed by atoms with E-state index in [2.05, 4.69) is 46.5 Å². The van der Waals surface area contributed by atoms with Gasteiger partial charge in [0.05, 0.1) is 6.21 Å². The first-order chi connectivity index (χ1) is 15.2. The van der Waals surface area contributed by atoms with Crippen LogP contribution in [0.15, 0.2) is 89.4 Å². The SMILES string of the molecule is Cc1ccc(COc2ccccc2/C=N/n2cnnc2SCc2ccccc2Cl)cc1. The van der Waals surface area contributed by atoms with E-state index >= 15 is 0 Å². The summed E-state index contributed by atoms with van der Waals surface area (Å²) in [5.41, 5.74) is 4.27. The molecule has 1 heterocycles. The Morgan fingerprint density at radius 3 is 2.65 bits per heavy atom. The summed E-state index contributed by atoms with van der Waals surface area (Å²) in [6.07, 6.45) is 3.34. The topological polar surface area (TPSA) is 52.3 Å². The van der Waals surface area contributed by atoms with Crippen molar-refractivity contribution in [2.24, 2.45) is 5.10 Å². The van der Waals surface area contributed by atoms with Crippen LogP contribution in [0.2, 0.25) is 5.02 Å². The molecule has 0 aliphatic carbocycles. The number of ether oxygens (including phenoxy) is 1. The second kappa shape index (κ2) is 10.3. The predicted octanol–water partition coefficient (Wildman–Crippen LogP) is 5.99. The number of hydrogen-bond donors (Lipinski definition) is 0. The molecule has 7 heteroatoms. The maximum Gasteiger partial charge on any atom is 0.212 e. The number of hydrogen-bond acceptors (Lipinski definition) is 5. The molecular formula is C24H21ClN4OS. The molecule has 31 heavy (non-hydrogen) atoms. The van der Waals surface area contributed by atoms with Crippen LogP contribution in [0.4, 0.5) is 0 Å². The normalized spacial score (nSPS) is 11.2. The summed E-state index contributed by atoms with van der Waals surface area (Å²) in [6.45, 7) is 2.57. The second-order valence-electron chi connectivity index (χ2n) is 6.89. The van der Waals surface area contributed by atoms with Crippen molar-refractivity contribution in [2.75, 3.05) is 0 Å². The Kier molecular flexibility index (Phi) is 7.02. The van der Waals surface area contributed by atoms with Crippen LogP contribution >= 0.6 is 23.4 Å². The van der Waals surface area contributed by atoms with Crippen LogP contribution in [0.3, 0.4) is 0 Å². The van der Waals surface area contributed by atoms with Crippen LogP contribution in [-0.4, -0.2) is 21.1 Å². The molecule has 1 aromatic heterocycles. The van der Waals surface area contributed by atoms with Crippen molar-refractivity contribution in [3.8, 4) is 5.75 Å². The Balaban J connectivity index is 1.44. The summed E-state index contributed by atoms with van der Waals surface area (Å²) in [6, 6.07) is 23.9. The zero-order chi connectivity index (χ0) is 21.5. The van der Waals surface area contributed by atoms with Gasteiger partial charge in [0.15, 0.2) is 0 Å². The lowest BCUT2D eigenvalue weighted by atomic mass is 10.1. The van der Waals surface area contributed by atoms with Crippen LogP contribution in [0, 0.1) is 6.92 Å². The van der Waals surface area contributed by atoms with Gasteiger partial charge in [-0.3, -0.25) is 0 Å². The summed E-state index contributed by atoms with van der Waals surface area (Å²) >= 11 is 7.77. The van der Waals surface area contributed by atoms with Gasteiger partial charge in [-0.05, 0) is 36.2 Å². The molecule has 0 atom stereocenters. The number of para-hydroxylation sites is 1. The number of halogens is 1. The number of aromatic nitrogens is 3. The van der Waals surface area contributed by atoms with Gasteiger partial charge in [-0.15, -0.1) is 10.2 Å². The molecule has 0 fully saturated rings. The van der Waals surface area contributed by atoms with Gasteiger partial charge < -0.3 is 4.74 Å². The van der Waals surface area contributed by atoms with Gasteiger partial charge >= 0.3 is 0 Å². The van der Waals surface area contributed by atoms with E-state index in [0.29, 0.717) is 17.5 Å². The molecule has 0 spiro atoms. The molecular weight excluding hydrogens is 428 g/mol. The van der Waals surface area contributed by atoms with Crippen molar-refractivity contribution < 1.29 is 4.74 Å². The standard InChI is InChI=1S/C24H21ClN4OS/c1-18-10-12-19(13-11-18)15-30-23-9-5-3-6-20(23)14-27-29-17-26-28-24(29)31-16-21-7-2-4-8-22(21)25/h2-14,17H,15-16H2,1H3/b27-14+. The molecule has 0 saturated heterocycles. The van der Waals surface area contributed by atoms with E-state index < -0.39 is 0 Å². The predicted molar refractivity (Wildman–Crippen MR) is 126 cm³/mol. The molecule has 156 valence electrons. The molecule has 4 aromatic rings. The fraction of sp³-hybridized carbons (Fsp3) is 0.125. The zero-order valence-corrected chi connectivity index (χ0v) is 18.6. The first kappa shape index (κ1) is 21.2. The Morgan fingerprint density at radius 1 is 1.03 bits per heavy atom. The molecule has 0 unspecified atom stereocenters. The minimum absolute atomic E-state index is 0.497. The van der Waals surface area contributed by atoms with Crippen molar-refractivity contribution in [3.05, 3.63) is 106 Å². The molecule has 0 bridgehead atoms. The minimum Gasteiger partial charge on any atom is -0.488 e. The van der Waals surface area contributed by atoms with E-state index in [0.717, 1.165) is 27.5 Å². The Labute approximate surface area is 190 Å². The maximum atomic E-state index is 6.24. The summed E-state index contributed by atoms with van der Waals surface area (Å²) in [7, 11) is 0.